The van der Waals surface area contributed by atoms with E-state index in [0.717, 1.165) is 27.9 Å². The lowest BCUT2D eigenvalue weighted by Crippen LogP contribution is -1.95. The van der Waals surface area contributed by atoms with Crippen LogP contribution in [0.2, 0.25) is 0 Å². The monoisotopic (exact) mass is 295 g/mol. The van der Waals surface area contributed by atoms with Gasteiger partial charge in [0, 0.05) is 23.2 Å². The predicted molar refractivity (Wildman–Crippen MR) is 93.4 cm³/mol. The largest absolute Gasteiger partial charge is 0.312 e. The van der Waals surface area contributed by atoms with Gasteiger partial charge in [-0.1, -0.05) is 42.5 Å². The van der Waals surface area contributed by atoms with E-state index < -0.39 is 0 Å². The zero-order chi connectivity index (χ0) is 15.2. The summed E-state index contributed by atoms with van der Waals surface area (Å²) in [5, 5.41) is 2.41. The number of hydrogen-bond donors (Lipinski definition) is 0. The number of rotatable bonds is 1. The van der Waals surface area contributed by atoms with Gasteiger partial charge in [0.15, 0.2) is 0 Å². The first kappa shape index (κ1) is 12.4. The second-order valence-electron chi connectivity index (χ2n) is 5.60. The Morgan fingerprint density at radius 3 is 2.52 bits per heavy atom. The Morgan fingerprint density at radius 2 is 1.61 bits per heavy atom. The zero-order valence-electron chi connectivity index (χ0n) is 12.3. The molecule has 0 aliphatic heterocycles. The highest BCUT2D eigenvalue weighted by Crippen LogP contribution is 2.32. The highest BCUT2D eigenvalue weighted by atomic mass is 14.9. The fraction of sp³-hybridized carbons (Fsp3) is 0. The van der Waals surface area contributed by atoms with Crippen LogP contribution in [0.4, 0.5) is 0 Å². The summed E-state index contributed by atoms with van der Waals surface area (Å²) in [6.45, 7) is 0. The number of hydrogen-bond acceptors (Lipinski definition) is 2. The molecule has 3 nitrogen and oxygen atoms in total. The van der Waals surface area contributed by atoms with Gasteiger partial charge in [0.1, 0.15) is 5.69 Å². The molecule has 3 heterocycles. The standard InChI is InChI=1S/C20H13N3/c1-2-8-15-14(7-1)13-23-18-11-4-3-9-16(18)22-19(20(15)23)17-10-5-6-12-21-17/h1-13H. The third kappa shape index (κ3) is 1.77. The molecule has 3 heteroatoms. The number of benzene rings is 2. The van der Waals surface area contributed by atoms with Crippen molar-refractivity contribution in [1.82, 2.24) is 14.4 Å². The minimum atomic E-state index is 0.895. The molecular weight excluding hydrogens is 282 g/mol. The van der Waals surface area contributed by atoms with Crippen molar-refractivity contribution in [2.45, 2.75) is 0 Å². The van der Waals surface area contributed by atoms with Crippen molar-refractivity contribution in [3.05, 3.63) is 79.1 Å². The molecule has 5 aromatic rings. The maximum atomic E-state index is 4.91. The summed E-state index contributed by atoms with van der Waals surface area (Å²) >= 11 is 0. The normalized spacial score (nSPS) is 11.5. The van der Waals surface area contributed by atoms with Crippen LogP contribution in [-0.4, -0.2) is 14.4 Å². The smallest absolute Gasteiger partial charge is 0.114 e. The predicted octanol–water partition coefficient (Wildman–Crippen LogP) is 4.70. The van der Waals surface area contributed by atoms with Crippen LogP contribution in [-0.2, 0) is 0 Å². The maximum absolute atomic E-state index is 4.91. The van der Waals surface area contributed by atoms with Crippen LogP contribution in [0, 0.1) is 0 Å². The van der Waals surface area contributed by atoms with Gasteiger partial charge in [-0.2, -0.15) is 0 Å². The number of fused-ring (bicyclic) bond motifs is 5. The van der Waals surface area contributed by atoms with Crippen molar-refractivity contribution in [2.24, 2.45) is 0 Å². The van der Waals surface area contributed by atoms with E-state index >= 15 is 0 Å². The lowest BCUT2D eigenvalue weighted by molar-refractivity contribution is 1.21. The summed E-state index contributed by atoms with van der Waals surface area (Å²) in [7, 11) is 0. The molecule has 0 bridgehead atoms. The van der Waals surface area contributed by atoms with Crippen LogP contribution >= 0.6 is 0 Å². The van der Waals surface area contributed by atoms with Gasteiger partial charge < -0.3 is 4.40 Å². The molecule has 0 spiro atoms. The van der Waals surface area contributed by atoms with Crippen LogP contribution in [0.1, 0.15) is 0 Å². The van der Waals surface area contributed by atoms with E-state index in [1.165, 1.54) is 10.8 Å². The van der Waals surface area contributed by atoms with Gasteiger partial charge in [0.05, 0.1) is 22.2 Å². The third-order valence-electron chi connectivity index (χ3n) is 4.23. The first-order valence-corrected chi connectivity index (χ1v) is 7.62. The van der Waals surface area contributed by atoms with E-state index in [1.54, 1.807) is 0 Å². The minimum Gasteiger partial charge on any atom is -0.312 e. The van der Waals surface area contributed by atoms with Gasteiger partial charge in [0.25, 0.3) is 0 Å². The van der Waals surface area contributed by atoms with Gasteiger partial charge >= 0.3 is 0 Å². The van der Waals surface area contributed by atoms with Gasteiger partial charge in [0.2, 0.25) is 0 Å². The molecule has 0 amide bonds. The molecule has 0 atom stereocenters. The van der Waals surface area contributed by atoms with Crippen molar-refractivity contribution < 1.29 is 0 Å². The van der Waals surface area contributed by atoms with Crippen molar-refractivity contribution in [2.75, 3.05) is 0 Å². The second kappa shape index (κ2) is 4.65. The van der Waals surface area contributed by atoms with Gasteiger partial charge in [-0.05, 0) is 24.3 Å². The van der Waals surface area contributed by atoms with Crippen LogP contribution in [0.5, 0.6) is 0 Å². The average Bonchev–Trinajstić information content (AvgIpc) is 3.02. The molecule has 108 valence electrons. The van der Waals surface area contributed by atoms with E-state index in [9.17, 15) is 0 Å². The quantitative estimate of drug-likeness (QED) is 0.448. The molecule has 0 N–H and O–H groups in total. The molecule has 0 unspecified atom stereocenters. The summed E-state index contributed by atoms with van der Waals surface area (Å²) in [4.78, 5) is 9.43. The number of nitrogens with zero attached hydrogens (tertiary/aromatic N) is 3. The molecule has 0 radical (unpaired) electrons. The van der Waals surface area contributed by atoms with Crippen molar-refractivity contribution in [3.8, 4) is 11.4 Å². The number of aromatic nitrogens is 3. The fourth-order valence-corrected chi connectivity index (χ4v) is 3.21. The lowest BCUT2D eigenvalue weighted by atomic mass is 10.1. The Morgan fingerprint density at radius 1 is 0.783 bits per heavy atom. The third-order valence-corrected chi connectivity index (χ3v) is 4.23. The average molecular weight is 295 g/mol. The van der Waals surface area contributed by atoms with Gasteiger partial charge in [-0.25, -0.2) is 4.98 Å². The molecule has 5 rings (SSSR count). The first-order chi connectivity index (χ1) is 11.4. The van der Waals surface area contributed by atoms with E-state index in [0.29, 0.717) is 0 Å². The molecule has 0 fully saturated rings. The van der Waals surface area contributed by atoms with Crippen molar-refractivity contribution >= 4 is 27.3 Å². The van der Waals surface area contributed by atoms with E-state index in [-0.39, 0.29) is 0 Å². The van der Waals surface area contributed by atoms with Crippen LogP contribution in [0.15, 0.2) is 79.1 Å². The molecule has 0 saturated heterocycles. The SMILES string of the molecule is c1ccc(-c2nc3ccccc3n3cc4ccccc4c23)nc1. The van der Waals surface area contributed by atoms with E-state index in [2.05, 4.69) is 52.0 Å². The summed E-state index contributed by atoms with van der Waals surface area (Å²) in [5.74, 6) is 0. The summed E-state index contributed by atoms with van der Waals surface area (Å²) in [5.41, 5.74) is 5.01. The summed E-state index contributed by atoms with van der Waals surface area (Å²) in [6, 6.07) is 22.6. The van der Waals surface area contributed by atoms with Crippen molar-refractivity contribution in [1.29, 1.82) is 0 Å². The van der Waals surface area contributed by atoms with Crippen LogP contribution < -0.4 is 0 Å². The Bertz CT molecular complexity index is 1160. The minimum absolute atomic E-state index is 0.895. The van der Waals surface area contributed by atoms with Gasteiger partial charge in [-0.3, -0.25) is 4.98 Å². The lowest BCUT2D eigenvalue weighted by Gasteiger charge is -2.08. The molecule has 3 aromatic heterocycles. The molecule has 0 aliphatic rings. The fourth-order valence-electron chi connectivity index (χ4n) is 3.21. The number of para-hydroxylation sites is 2. The first-order valence-electron chi connectivity index (χ1n) is 7.62. The van der Waals surface area contributed by atoms with Crippen molar-refractivity contribution in [3.63, 3.8) is 0 Å². The van der Waals surface area contributed by atoms with Crippen LogP contribution in [0.3, 0.4) is 0 Å². The Balaban J connectivity index is 2.06. The summed E-state index contributed by atoms with van der Waals surface area (Å²) < 4.78 is 2.23. The second-order valence-corrected chi connectivity index (χ2v) is 5.60. The molecular formula is C20H13N3. The Hall–Kier alpha value is -3.20. The topological polar surface area (TPSA) is 30.2 Å². The highest BCUT2D eigenvalue weighted by Gasteiger charge is 2.14. The molecule has 2 aromatic carbocycles. The van der Waals surface area contributed by atoms with E-state index in [1.807, 2.05) is 36.5 Å². The van der Waals surface area contributed by atoms with Gasteiger partial charge in [-0.15, -0.1) is 0 Å². The molecule has 0 aliphatic carbocycles. The zero-order valence-corrected chi connectivity index (χ0v) is 12.3. The molecule has 23 heavy (non-hydrogen) atoms. The number of pyridine rings is 1. The van der Waals surface area contributed by atoms with E-state index in [4.69, 9.17) is 4.98 Å². The Kier molecular flexibility index (Phi) is 2.50. The Labute approximate surface area is 132 Å². The molecule has 0 saturated carbocycles. The highest BCUT2D eigenvalue weighted by molar-refractivity contribution is 6.05. The summed E-state index contributed by atoms with van der Waals surface area (Å²) in [6.07, 6.45) is 3.99. The van der Waals surface area contributed by atoms with Crippen LogP contribution in [0.25, 0.3) is 38.7 Å². The maximum Gasteiger partial charge on any atom is 0.114 e.